The highest BCUT2D eigenvalue weighted by Crippen LogP contribution is 2.18. The molecule has 4 heteroatoms. The van der Waals surface area contributed by atoms with Crippen molar-refractivity contribution < 1.29 is 9.47 Å². The summed E-state index contributed by atoms with van der Waals surface area (Å²) in [7, 11) is 0. The van der Waals surface area contributed by atoms with Gasteiger partial charge in [-0.1, -0.05) is 11.6 Å². The van der Waals surface area contributed by atoms with E-state index in [0.717, 1.165) is 25.2 Å². The smallest absolute Gasteiger partial charge is 0.119 e. The Morgan fingerprint density at radius 2 is 2.17 bits per heavy atom. The molecule has 3 nitrogen and oxygen atoms in total. The fourth-order valence-corrected chi connectivity index (χ4v) is 2.22. The number of nitrogens with two attached hydrogens (primary N) is 1. The van der Waals surface area contributed by atoms with Crippen LogP contribution in [-0.4, -0.2) is 25.4 Å². The average molecular weight is 270 g/mol. The van der Waals surface area contributed by atoms with Crippen LogP contribution < -0.4 is 10.5 Å². The normalized spacial score (nSPS) is 20.9. The molecule has 1 heterocycles. The topological polar surface area (TPSA) is 44.5 Å². The highest BCUT2D eigenvalue weighted by molar-refractivity contribution is 6.30. The van der Waals surface area contributed by atoms with E-state index in [0.29, 0.717) is 17.7 Å². The van der Waals surface area contributed by atoms with E-state index < -0.39 is 0 Å². The Labute approximate surface area is 113 Å². The highest BCUT2D eigenvalue weighted by atomic mass is 35.5. The minimum Gasteiger partial charge on any atom is -0.492 e. The van der Waals surface area contributed by atoms with Gasteiger partial charge in [-0.15, -0.1) is 0 Å². The van der Waals surface area contributed by atoms with Crippen LogP contribution in [0.4, 0.5) is 0 Å². The van der Waals surface area contributed by atoms with Gasteiger partial charge in [-0.05, 0) is 49.9 Å². The summed E-state index contributed by atoms with van der Waals surface area (Å²) in [5.41, 5.74) is 6.02. The van der Waals surface area contributed by atoms with Gasteiger partial charge < -0.3 is 15.2 Å². The summed E-state index contributed by atoms with van der Waals surface area (Å²) in [4.78, 5) is 0. The second kappa shape index (κ2) is 6.98. The number of ether oxygens (including phenoxy) is 2. The molecule has 100 valence electrons. The first-order chi connectivity index (χ1) is 8.74. The predicted molar refractivity (Wildman–Crippen MR) is 73.1 cm³/mol. The van der Waals surface area contributed by atoms with Crippen LogP contribution in [0.5, 0.6) is 5.75 Å². The van der Waals surface area contributed by atoms with Gasteiger partial charge in [0.1, 0.15) is 12.4 Å². The summed E-state index contributed by atoms with van der Waals surface area (Å²) < 4.78 is 11.2. The van der Waals surface area contributed by atoms with E-state index in [-0.39, 0.29) is 6.04 Å². The Hall–Kier alpha value is -0.770. The van der Waals surface area contributed by atoms with Crippen LogP contribution in [0.1, 0.15) is 25.7 Å². The standard InChI is InChI=1S/C14H20ClNO2/c15-11-3-6-14(7-4-11)18-10-12(16)5-8-13-2-1-9-17-13/h3-4,6-7,12-13H,1-2,5,8-10,16H2. The van der Waals surface area contributed by atoms with E-state index in [4.69, 9.17) is 26.8 Å². The first kappa shape index (κ1) is 13.7. The van der Waals surface area contributed by atoms with Crippen molar-refractivity contribution in [3.05, 3.63) is 29.3 Å². The first-order valence-electron chi connectivity index (χ1n) is 6.49. The van der Waals surface area contributed by atoms with E-state index >= 15 is 0 Å². The van der Waals surface area contributed by atoms with Gasteiger partial charge in [0.25, 0.3) is 0 Å². The van der Waals surface area contributed by atoms with Crippen LogP contribution in [0.2, 0.25) is 5.02 Å². The van der Waals surface area contributed by atoms with Gasteiger partial charge in [0, 0.05) is 17.7 Å². The minimum atomic E-state index is 0.0601. The Balaban J connectivity index is 1.64. The predicted octanol–water partition coefficient (Wildman–Crippen LogP) is 3.01. The summed E-state index contributed by atoms with van der Waals surface area (Å²) in [6.45, 7) is 1.44. The number of rotatable bonds is 6. The Morgan fingerprint density at radius 1 is 1.39 bits per heavy atom. The molecule has 1 saturated heterocycles. The fraction of sp³-hybridized carbons (Fsp3) is 0.571. The lowest BCUT2D eigenvalue weighted by molar-refractivity contribution is 0.0989. The van der Waals surface area contributed by atoms with Gasteiger partial charge in [-0.3, -0.25) is 0 Å². The Morgan fingerprint density at radius 3 is 2.83 bits per heavy atom. The molecule has 1 aliphatic heterocycles. The zero-order chi connectivity index (χ0) is 12.8. The molecule has 0 radical (unpaired) electrons. The second-order valence-corrected chi connectivity index (χ2v) is 5.17. The average Bonchev–Trinajstić information content (AvgIpc) is 2.89. The first-order valence-corrected chi connectivity index (χ1v) is 6.87. The van der Waals surface area contributed by atoms with Crippen molar-refractivity contribution in [3.63, 3.8) is 0 Å². The van der Waals surface area contributed by atoms with Crippen LogP contribution in [0.15, 0.2) is 24.3 Å². The molecule has 1 fully saturated rings. The van der Waals surface area contributed by atoms with Gasteiger partial charge in [-0.25, -0.2) is 0 Å². The monoisotopic (exact) mass is 269 g/mol. The van der Waals surface area contributed by atoms with Crippen molar-refractivity contribution in [2.45, 2.75) is 37.8 Å². The van der Waals surface area contributed by atoms with Crippen molar-refractivity contribution in [1.29, 1.82) is 0 Å². The summed E-state index contributed by atoms with van der Waals surface area (Å²) >= 11 is 5.80. The Bertz CT molecular complexity index is 349. The molecular weight excluding hydrogens is 250 g/mol. The largest absolute Gasteiger partial charge is 0.492 e. The number of hydrogen-bond acceptors (Lipinski definition) is 3. The molecular formula is C14H20ClNO2. The fourth-order valence-electron chi connectivity index (χ4n) is 2.09. The quantitative estimate of drug-likeness (QED) is 0.863. The number of benzene rings is 1. The minimum absolute atomic E-state index is 0.0601. The molecule has 2 N–H and O–H groups in total. The number of hydrogen-bond donors (Lipinski definition) is 1. The van der Waals surface area contributed by atoms with Crippen molar-refractivity contribution in [3.8, 4) is 5.75 Å². The van der Waals surface area contributed by atoms with Gasteiger partial charge in [0.05, 0.1) is 6.10 Å². The maximum Gasteiger partial charge on any atom is 0.119 e. The van der Waals surface area contributed by atoms with E-state index in [2.05, 4.69) is 0 Å². The van der Waals surface area contributed by atoms with Crippen molar-refractivity contribution in [2.75, 3.05) is 13.2 Å². The SMILES string of the molecule is NC(CCC1CCCO1)COc1ccc(Cl)cc1. The molecule has 2 atom stereocenters. The summed E-state index contributed by atoms with van der Waals surface area (Å²) in [5.74, 6) is 0.812. The summed E-state index contributed by atoms with van der Waals surface area (Å²) in [6, 6.07) is 7.40. The van der Waals surface area contributed by atoms with E-state index in [9.17, 15) is 0 Å². The second-order valence-electron chi connectivity index (χ2n) is 4.74. The molecule has 0 aliphatic carbocycles. The molecule has 2 rings (SSSR count). The zero-order valence-corrected chi connectivity index (χ0v) is 11.2. The number of halogens is 1. The van der Waals surface area contributed by atoms with Gasteiger partial charge in [-0.2, -0.15) is 0 Å². The zero-order valence-electron chi connectivity index (χ0n) is 10.5. The van der Waals surface area contributed by atoms with Gasteiger partial charge in [0.15, 0.2) is 0 Å². The molecule has 0 spiro atoms. The van der Waals surface area contributed by atoms with Gasteiger partial charge in [0.2, 0.25) is 0 Å². The van der Waals surface area contributed by atoms with Crippen molar-refractivity contribution in [1.82, 2.24) is 0 Å². The van der Waals surface area contributed by atoms with Crippen LogP contribution >= 0.6 is 11.6 Å². The van der Waals surface area contributed by atoms with Crippen molar-refractivity contribution >= 4 is 11.6 Å². The molecule has 1 aliphatic rings. The molecule has 0 saturated carbocycles. The van der Waals surface area contributed by atoms with E-state index in [1.165, 1.54) is 12.8 Å². The molecule has 1 aromatic rings. The van der Waals surface area contributed by atoms with Crippen molar-refractivity contribution in [2.24, 2.45) is 5.73 Å². The van der Waals surface area contributed by atoms with E-state index in [1.807, 2.05) is 24.3 Å². The highest BCUT2D eigenvalue weighted by Gasteiger charge is 2.16. The van der Waals surface area contributed by atoms with E-state index in [1.54, 1.807) is 0 Å². The lowest BCUT2D eigenvalue weighted by Crippen LogP contribution is -2.29. The Kier molecular flexibility index (Phi) is 5.29. The third-order valence-electron chi connectivity index (χ3n) is 3.16. The molecule has 0 bridgehead atoms. The molecule has 1 aromatic carbocycles. The van der Waals surface area contributed by atoms with Crippen LogP contribution in [0.25, 0.3) is 0 Å². The third kappa shape index (κ3) is 4.48. The lowest BCUT2D eigenvalue weighted by Gasteiger charge is -2.15. The maximum absolute atomic E-state index is 6.02. The van der Waals surface area contributed by atoms with Gasteiger partial charge >= 0.3 is 0 Å². The van der Waals surface area contributed by atoms with Crippen LogP contribution in [0, 0.1) is 0 Å². The third-order valence-corrected chi connectivity index (χ3v) is 3.41. The molecule has 2 unspecified atom stereocenters. The van der Waals surface area contributed by atoms with Crippen LogP contribution in [-0.2, 0) is 4.74 Å². The lowest BCUT2D eigenvalue weighted by atomic mass is 10.1. The molecule has 0 aromatic heterocycles. The summed E-state index contributed by atoms with van der Waals surface area (Å²) in [5, 5.41) is 0.713. The molecule has 18 heavy (non-hydrogen) atoms. The molecule has 0 amide bonds. The maximum atomic E-state index is 6.02. The summed E-state index contributed by atoms with van der Waals surface area (Å²) in [6.07, 6.45) is 4.74. The van der Waals surface area contributed by atoms with Crippen LogP contribution in [0.3, 0.4) is 0 Å².